The van der Waals surface area contributed by atoms with E-state index in [0.717, 1.165) is 0 Å². The summed E-state index contributed by atoms with van der Waals surface area (Å²) in [5.74, 6) is -2.29. The molecule has 0 saturated carbocycles. The van der Waals surface area contributed by atoms with Crippen LogP contribution in [0, 0.1) is 0 Å². The molecule has 0 rings (SSSR count). The molecular formula is C12H22O5. The Morgan fingerprint density at radius 3 is 1.82 bits per heavy atom. The van der Waals surface area contributed by atoms with Gasteiger partial charge < -0.3 is 14.2 Å². The molecule has 5 heteroatoms. The number of rotatable bonds is 7. The lowest BCUT2D eigenvalue weighted by Crippen LogP contribution is -2.50. The minimum absolute atomic E-state index is 0.415. The van der Waals surface area contributed by atoms with Crippen LogP contribution in [0.15, 0.2) is 0 Å². The van der Waals surface area contributed by atoms with Gasteiger partial charge in [-0.25, -0.2) is 0 Å². The first-order valence-electron chi connectivity index (χ1n) is 5.83. The van der Waals surface area contributed by atoms with Gasteiger partial charge in [0.05, 0.1) is 0 Å². The van der Waals surface area contributed by atoms with Gasteiger partial charge in [-0.3, -0.25) is 9.59 Å². The van der Waals surface area contributed by atoms with E-state index in [-0.39, 0.29) is 0 Å². The Bertz CT molecular complexity index is 242. The molecule has 0 bridgehead atoms. The van der Waals surface area contributed by atoms with Gasteiger partial charge in [-0.2, -0.15) is 0 Å². The van der Waals surface area contributed by atoms with Gasteiger partial charge in [0.25, 0.3) is 5.79 Å². The van der Waals surface area contributed by atoms with E-state index in [9.17, 15) is 9.59 Å². The van der Waals surface area contributed by atoms with E-state index < -0.39 is 23.8 Å². The summed E-state index contributed by atoms with van der Waals surface area (Å²) < 4.78 is 15.7. The highest BCUT2D eigenvalue weighted by atomic mass is 16.7. The highest BCUT2D eigenvalue weighted by Gasteiger charge is 2.44. The molecule has 0 aliphatic heterocycles. The minimum atomic E-state index is -1.31. The Morgan fingerprint density at radius 1 is 1.12 bits per heavy atom. The fourth-order valence-electron chi connectivity index (χ4n) is 1.91. The second kappa shape index (κ2) is 7.27. The van der Waals surface area contributed by atoms with Crippen LogP contribution in [0.3, 0.4) is 0 Å². The number of carbonyl (C=O) groups excluding carboxylic acids is 2. The van der Waals surface area contributed by atoms with Crippen LogP contribution in [0.5, 0.6) is 0 Å². The number of methoxy groups -OCH3 is 1. The lowest BCUT2D eigenvalue weighted by molar-refractivity contribution is -0.266. The van der Waals surface area contributed by atoms with Crippen LogP contribution in [0.4, 0.5) is 0 Å². The van der Waals surface area contributed by atoms with Crippen molar-refractivity contribution in [2.45, 2.75) is 58.8 Å². The lowest BCUT2D eigenvalue weighted by Gasteiger charge is -2.37. The largest absolute Gasteiger partial charge is 0.420 e. The maximum absolute atomic E-state index is 11.2. The Kier molecular flexibility index (Phi) is 6.80. The minimum Gasteiger partial charge on any atom is -0.420 e. The molecule has 0 aliphatic rings. The van der Waals surface area contributed by atoms with Crippen molar-refractivity contribution >= 4 is 11.9 Å². The van der Waals surface area contributed by atoms with Crippen LogP contribution in [0.25, 0.3) is 0 Å². The zero-order valence-electron chi connectivity index (χ0n) is 11.2. The molecule has 0 saturated heterocycles. The van der Waals surface area contributed by atoms with Gasteiger partial charge in [0, 0.05) is 27.4 Å². The van der Waals surface area contributed by atoms with Gasteiger partial charge in [0.2, 0.25) is 0 Å². The summed E-state index contributed by atoms with van der Waals surface area (Å²) in [6.07, 6.45) is 1.24. The highest BCUT2D eigenvalue weighted by Crippen LogP contribution is 2.29. The first kappa shape index (κ1) is 15.9. The monoisotopic (exact) mass is 246 g/mol. The van der Waals surface area contributed by atoms with E-state index in [1.54, 1.807) is 0 Å². The molecule has 5 nitrogen and oxygen atoms in total. The van der Waals surface area contributed by atoms with Gasteiger partial charge >= 0.3 is 11.9 Å². The van der Waals surface area contributed by atoms with E-state index in [1.165, 1.54) is 21.0 Å². The third-order valence-corrected chi connectivity index (χ3v) is 2.38. The average molecular weight is 246 g/mol. The van der Waals surface area contributed by atoms with Gasteiger partial charge in [-0.05, 0) is 12.8 Å². The number of hydrogen-bond donors (Lipinski definition) is 0. The maximum Gasteiger partial charge on any atom is 0.306 e. The van der Waals surface area contributed by atoms with E-state index in [0.29, 0.717) is 19.3 Å². The summed E-state index contributed by atoms with van der Waals surface area (Å²) in [6.45, 7) is 6.38. The zero-order chi connectivity index (χ0) is 13.5. The zero-order valence-corrected chi connectivity index (χ0v) is 11.2. The van der Waals surface area contributed by atoms with Gasteiger partial charge in [0.15, 0.2) is 0 Å². The number of carbonyl (C=O) groups is 2. The Balaban J connectivity index is 5.18. The van der Waals surface area contributed by atoms with E-state index in [4.69, 9.17) is 14.2 Å². The third-order valence-electron chi connectivity index (χ3n) is 2.38. The normalized spacial score (nSPS) is 13.0. The van der Waals surface area contributed by atoms with Crippen molar-refractivity contribution in [1.29, 1.82) is 0 Å². The summed E-state index contributed by atoms with van der Waals surface area (Å²) in [7, 11) is 1.51. The predicted molar refractivity (Wildman–Crippen MR) is 62.3 cm³/mol. The summed E-state index contributed by atoms with van der Waals surface area (Å²) in [6, 6.07) is 0. The Hall–Kier alpha value is -1.10. The topological polar surface area (TPSA) is 61.8 Å². The number of hydrogen-bond acceptors (Lipinski definition) is 5. The first-order valence-corrected chi connectivity index (χ1v) is 5.83. The molecule has 1 unspecified atom stereocenters. The highest BCUT2D eigenvalue weighted by molar-refractivity contribution is 5.69. The third kappa shape index (κ3) is 4.73. The van der Waals surface area contributed by atoms with Crippen LogP contribution >= 0.6 is 0 Å². The molecule has 0 N–H and O–H groups in total. The smallest absolute Gasteiger partial charge is 0.306 e. The summed E-state index contributed by atoms with van der Waals surface area (Å²) in [4.78, 5) is 22.4. The van der Waals surface area contributed by atoms with Gasteiger partial charge in [0.1, 0.15) is 6.10 Å². The average Bonchev–Trinajstić information content (AvgIpc) is 2.17. The predicted octanol–water partition coefficient (Wildman–Crippen LogP) is 2.03. The van der Waals surface area contributed by atoms with Crippen molar-refractivity contribution in [3.05, 3.63) is 0 Å². The fraction of sp³-hybridized carbons (Fsp3) is 0.833. The molecule has 100 valence electrons. The van der Waals surface area contributed by atoms with Crippen molar-refractivity contribution in [3.8, 4) is 0 Å². The summed E-state index contributed by atoms with van der Waals surface area (Å²) in [5.41, 5.74) is 0. The van der Waals surface area contributed by atoms with E-state index in [1.807, 2.05) is 13.8 Å². The Morgan fingerprint density at radius 2 is 1.59 bits per heavy atom. The SMILES string of the molecule is CCCC(OC(C)=O)(OC(C)=O)C(CC)OC. The van der Waals surface area contributed by atoms with Crippen molar-refractivity contribution in [2.24, 2.45) is 0 Å². The molecule has 0 aromatic heterocycles. The lowest BCUT2D eigenvalue weighted by atomic mass is 10.0. The van der Waals surface area contributed by atoms with Crippen molar-refractivity contribution < 1.29 is 23.8 Å². The summed E-state index contributed by atoms with van der Waals surface area (Å²) >= 11 is 0. The fourth-order valence-corrected chi connectivity index (χ4v) is 1.91. The van der Waals surface area contributed by atoms with Crippen LogP contribution in [0.1, 0.15) is 47.0 Å². The molecule has 0 aromatic rings. The standard InChI is InChI=1S/C12H22O5/c1-6-8-12(16-9(3)13,17-10(4)14)11(7-2)15-5/h11H,6-8H2,1-5H3. The van der Waals surface area contributed by atoms with Crippen LogP contribution in [0.2, 0.25) is 0 Å². The molecule has 1 atom stereocenters. The Labute approximate surface area is 102 Å². The molecule has 0 aliphatic carbocycles. The first-order chi connectivity index (χ1) is 7.91. The maximum atomic E-state index is 11.2. The number of esters is 2. The molecule has 0 aromatic carbocycles. The second-order valence-corrected chi connectivity index (χ2v) is 3.88. The van der Waals surface area contributed by atoms with Gasteiger partial charge in [-0.1, -0.05) is 13.8 Å². The molecule has 0 heterocycles. The van der Waals surface area contributed by atoms with Crippen LogP contribution < -0.4 is 0 Å². The van der Waals surface area contributed by atoms with E-state index in [2.05, 4.69) is 0 Å². The molecular weight excluding hydrogens is 224 g/mol. The summed E-state index contributed by atoms with van der Waals surface area (Å²) in [5, 5.41) is 0. The molecule has 0 fully saturated rings. The van der Waals surface area contributed by atoms with Crippen molar-refractivity contribution in [2.75, 3.05) is 7.11 Å². The van der Waals surface area contributed by atoms with E-state index >= 15 is 0 Å². The molecule has 0 radical (unpaired) electrons. The van der Waals surface area contributed by atoms with Crippen LogP contribution in [-0.4, -0.2) is 30.9 Å². The van der Waals surface area contributed by atoms with Gasteiger partial charge in [-0.15, -0.1) is 0 Å². The molecule has 0 amide bonds. The van der Waals surface area contributed by atoms with Crippen molar-refractivity contribution in [3.63, 3.8) is 0 Å². The van der Waals surface area contributed by atoms with Crippen LogP contribution in [-0.2, 0) is 23.8 Å². The molecule has 17 heavy (non-hydrogen) atoms. The number of ether oxygens (including phenoxy) is 3. The second-order valence-electron chi connectivity index (χ2n) is 3.88. The quantitative estimate of drug-likeness (QED) is 0.508. The molecule has 0 spiro atoms. The van der Waals surface area contributed by atoms with Crippen molar-refractivity contribution in [1.82, 2.24) is 0 Å².